The van der Waals surface area contributed by atoms with Crippen molar-refractivity contribution in [1.82, 2.24) is 5.32 Å². The average Bonchev–Trinajstić information content (AvgIpc) is 1.80. The summed E-state index contributed by atoms with van der Waals surface area (Å²) in [6.45, 7) is 11.7. The molecule has 10 heavy (non-hydrogen) atoms. The summed E-state index contributed by atoms with van der Waals surface area (Å²) in [6.07, 6.45) is 1.18. The molecule has 0 atom stereocenters. The fourth-order valence-electron chi connectivity index (χ4n) is 0.541. The summed E-state index contributed by atoms with van der Waals surface area (Å²) in [6, 6.07) is 0. The second-order valence-electron chi connectivity index (χ2n) is 3.66. The molecule has 0 radical (unpaired) electrons. The number of allylic oxidation sites excluding steroid dienone is 1. The molecule has 1 nitrogen and oxygen atoms in total. The normalized spacial score (nSPS) is 11.5. The van der Waals surface area contributed by atoms with E-state index in [1.165, 1.54) is 22.4 Å². The predicted molar refractivity (Wildman–Crippen MR) is 51.4 cm³/mol. The number of hydrogen-bond donors (Lipinski definition) is 1. The smallest absolute Gasteiger partial charge is 0.0173 e. The zero-order valence-corrected chi connectivity index (χ0v) is 9.62. The van der Waals surface area contributed by atoms with Crippen LogP contribution in [0.1, 0.15) is 27.2 Å². The largest absolute Gasteiger partial charge is 0.389 e. The lowest BCUT2D eigenvalue weighted by Crippen LogP contribution is -2.21. The summed E-state index contributed by atoms with van der Waals surface area (Å²) in [5.74, 6) is 0. The molecule has 2 heteroatoms. The quantitative estimate of drug-likeness (QED) is 0.602. The van der Waals surface area contributed by atoms with E-state index in [1.54, 1.807) is 0 Å². The highest BCUT2D eigenvalue weighted by atomic mass is 28.1. The Morgan fingerprint density at radius 2 is 2.10 bits per heavy atom. The van der Waals surface area contributed by atoms with Crippen molar-refractivity contribution in [3.05, 3.63) is 12.3 Å². The van der Waals surface area contributed by atoms with Gasteiger partial charge in [0.05, 0.1) is 0 Å². The molecule has 0 aromatic rings. The van der Waals surface area contributed by atoms with E-state index >= 15 is 0 Å². The van der Waals surface area contributed by atoms with Crippen molar-refractivity contribution in [3.63, 3.8) is 0 Å². The topological polar surface area (TPSA) is 12.0 Å². The zero-order valence-electron chi connectivity index (χ0n) is 7.62. The lowest BCUT2D eigenvalue weighted by molar-refractivity contribution is 0.665. The van der Waals surface area contributed by atoms with Crippen LogP contribution in [0.15, 0.2) is 12.3 Å². The number of nitrogens with one attached hydrogen (secondary N) is 1. The van der Waals surface area contributed by atoms with Gasteiger partial charge < -0.3 is 5.32 Å². The van der Waals surface area contributed by atoms with Gasteiger partial charge in [-0.25, -0.2) is 0 Å². The number of rotatable bonds is 4. The maximum atomic E-state index is 3.99. The monoisotopic (exact) mass is 157 g/mol. The van der Waals surface area contributed by atoms with Gasteiger partial charge in [-0.3, -0.25) is 0 Å². The lowest BCUT2D eigenvalue weighted by Gasteiger charge is -2.22. The van der Waals surface area contributed by atoms with E-state index in [9.17, 15) is 0 Å². The molecule has 0 saturated heterocycles. The summed E-state index contributed by atoms with van der Waals surface area (Å²) in [7, 11) is 1.17. The fourth-order valence-corrected chi connectivity index (χ4v) is 0.718. The Labute approximate surface area is 67.3 Å². The highest BCUT2D eigenvalue weighted by Crippen LogP contribution is 2.25. The second-order valence-corrected chi connectivity index (χ2v) is 6.16. The van der Waals surface area contributed by atoms with Crippen LogP contribution in [0.2, 0.25) is 5.04 Å². The molecular formula is C8H19NSi. The average molecular weight is 157 g/mol. The molecular weight excluding hydrogens is 138 g/mol. The molecule has 0 bridgehead atoms. The minimum absolute atomic E-state index is 0.342. The molecule has 0 fully saturated rings. The van der Waals surface area contributed by atoms with Crippen molar-refractivity contribution < 1.29 is 0 Å². The highest BCUT2D eigenvalue weighted by Gasteiger charge is 2.13. The molecule has 0 aromatic heterocycles. The molecule has 0 rings (SSSR count). The second kappa shape index (κ2) is 3.81. The molecule has 0 spiro atoms. The first-order chi connectivity index (χ1) is 4.48. The van der Waals surface area contributed by atoms with Crippen LogP contribution in [-0.4, -0.2) is 16.8 Å². The van der Waals surface area contributed by atoms with Gasteiger partial charge in [-0.05, 0) is 11.5 Å². The summed E-state index contributed by atoms with van der Waals surface area (Å²) in [4.78, 5) is 0. The first-order valence-corrected chi connectivity index (χ1v) is 4.91. The van der Waals surface area contributed by atoms with Gasteiger partial charge in [-0.2, -0.15) is 0 Å². The molecule has 0 saturated carbocycles. The molecule has 0 aromatic carbocycles. The lowest BCUT2D eigenvalue weighted by atomic mass is 10.1. The Balaban J connectivity index is 3.64. The van der Waals surface area contributed by atoms with Crippen LogP contribution in [0, 0.1) is 0 Å². The van der Waals surface area contributed by atoms with Crippen LogP contribution >= 0.6 is 0 Å². The summed E-state index contributed by atoms with van der Waals surface area (Å²) in [5.41, 5.74) is 1.20. The van der Waals surface area contributed by atoms with E-state index in [2.05, 4.69) is 32.7 Å². The van der Waals surface area contributed by atoms with Crippen molar-refractivity contribution in [2.24, 2.45) is 0 Å². The molecule has 0 aliphatic rings. The molecule has 60 valence electrons. The van der Waals surface area contributed by atoms with E-state index in [0.717, 1.165) is 6.54 Å². The first-order valence-electron chi connectivity index (χ1n) is 3.91. The van der Waals surface area contributed by atoms with Crippen LogP contribution in [0.3, 0.4) is 0 Å². The van der Waals surface area contributed by atoms with Crippen molar-refractivity contribution in [3.8, 4) is 0 Å². The van der Waals surface area contributed by atoms with E-state index in [-0.39, 0.29) is 0 Å². The molecule has 1 N–H and O–H groups in total. The Morgan fingerprint density at radius 3 is 2.40 bits per heavy atom. The highest BCUT2D eigenvalue weighted by molar-refractivity contribution is 6.16. The van der Waals surface area contributed by atoms with Gasteiger partial charge in [0.25, 0.3) is 0 Å². The van der Waals surface area contributed by atoms with Crippen molar-refractivity contribution in [2.45, 2.75) is 32.2 Å². The summed E-state index contributed by atoms with van der Waals surface area (Å²) in [5, 5.41) is 3.65. The minimum atomic E-state index is 0.342. The van der Waals surface area contributed by atoms with E-state index in [0.29, 0.717) is 5.04 Å². The van der Waals surface area contributed by atoms with E-state index < -0.39 is 0 Å². The zero-order chi connectivity index (χ0) is 8.20. The van der Waals surface area contributed by atoms with Gasteiger partial charge in [-0.15, -0.1) is 0 Å². The SMILES string of the molecule is C=C(NCCC)C(C)(C)[SiH3]. The van der Waals surface area contributed by atoms with Gasteiger partial charge in [0.2, 0.25) is 0 Å². The Morgan fingerprint density at radius 1 is 1.60 bits per heavy atom. The van der Waals surface area contributed by atoms with Crippen LogP contribution in [0.4, 0.5) is 0 Å². The van der Waals surface area contributed by atoms with Gasteiger partial charge >= 0.3 is 0 Å². The number of hydrogen-bond acceptors (Lipinski definition) is 1. The van der Waals surface area contributed by atoms with Crippen molar-refractivity contribution >= 4 is 10.2 Å². The van der Waals surface area contributed by atoms with Gasteiger partial charge in [0, 0.05) is 22.5 Å². The third-order valence-corrected chi connectivity index (χ3v) is 2.10. The molecule has 0 heterocycles. The van der Waals surface area contributed by atoms with Crippen LogP contribution in [0.5, 0.6) is 0 Å². The van der Waals surface area contributed by atoms with Crippen LogP contribution in [0.25, 0.3) is 0 Å². The van der Waals surface area contributed by atoms with Crippen LogP contribution in [-0.2, 0) is 0 Å². The minimum Gasteiger partial charge on any atom is -0.389 e. The Bertz CT molecular complexity index is 113. The van der Waals surface area contributed by atoms with Crippen molar-refractivity contribution in [1.29, 1.82) is 0 Å². The third-order valence-electron chi connectivity index (χ3n) is 1.49. The van der Waals surface area contributed by atoms with Crippen molar-refractivity contribution in [2.75, 3.05) is 6.54 Å². The molecule has 0 amide bonds. The first kappa shape index (κ1) is 9.76. The summed E-state index contributed by atoms with van der Waals surface area (Å²) >= 11 is 0. The summed E-state index contributed by atoms with van der Waals surface area (Å²) < 4.78 is 0. The Kier molecular flexibility index (Phi) is 3.72. The predicted octanol–water partition coefficient (Wildman–Crippen LogP) is 1.06. The van der Waals surface area contributed by atoms with E-state index in [1.807, 2.05) is 0 Å². The molecule has 0 aliphatic heterocycles. The Hall–Kier alpha value is -0.243. The van der Waals surface area contributed by atoms with Gasteiger partial charge in [-0.1, -0.05) is 27.4 Å². The standard InChI is InChI=1S/C8H19NSi/c1-5-6-9-7(2)8(3,4)10/h9H,2,5-6H2,1,3-4,10H3. The maximum Gasteiger partial charge on any atom is 0.0173 e. The third kappa shape index (κ3) is 3.72. The van der Waals surface area contributed by atoms with Gasteiger partial charge in [0.15, 0.2) is 0 Å². The van der Waals surface area contributed by atoms with Gasteiger partial charge in [0.1, 0.15) is 0 Å². The molecule has 0 aliphatic carbocycles. The van der Waals surface area contributed by atoms with Crippen LogP contribution < -0.4 is 5.32 Å². The fraction of sp³-hybridized carbons (Fsp3) is 0.750. The maximum absolute atomic E-state index is 3.99. The van der Waals surface area contributed by atoms with E-state index in [4.69, 9.17) is 0 Å². The molecule has 0 unspecified atom stereocenters.